The first kappa shape index (κ1) is 14.8. The average Bonchev–Trinajstić information content (AvgIpc) is 3.20. The number of carbonyl (C=O) groups excluding carboxylic acids is 1. The number of nitriles is 1. The summed E-state index contributed by atoms with van der Waals surface area (Å²) in [5.41, 5.74) is 2.60. The zero-order valence-electron chi connectivity index (χ0n) is 13.3. The van der Waals surface area contributed by atoms with E-state index in [9.17, 15) is 4.79 Å². The van der Waals surface area contributed by atoms with Gasteiger partial charge in [-0.05, 0) is 50.2 Å². The molecule has 0 amide bonds. The summed E-state index contributed by atoms with van der Waals surface area (Å²) in [4.78, 5) is 18.5. The third-order valence-corrected chi connectivity index (χ3v) is 5.25. The number of hydrogen-bond donors (Lipinski definition) is 0. The second-order valence-corrected chi connectivity index (χ2v) is 6.50. The first-order chi connectivity index (χ1) is 10.5. The Morgan fingerprint density at radius 3 is 2.68 bits per heavy atom. The zero-order chi connectivity index (χ0) is 15.9. The van der Waals surface area contributed by atoms with Gasteiger partial charge in [-0.3, -0.25) is 4.79 Å². The Morgan fingerprint density at radius 1 is 1.45 bits per heavy atom. The van der Waals surface area contributed by atoms with Crippen molar-refractivity contribution in [3.05, 3.63) is 22.9 Å². The minimum Gasteiger partial charge on any atom is -0.469 e. The topological polar surface area (TPSA) is 66.2 Å². The van der Waals surface area contributed by atoms with Crippen LogP contribution < -0.4 is 4.90 Å². The van der Waals surface area contributed by atoms with Crippen molar-refractivity contribution in [2.45, 2.75) is 33.1 Å². The van der Waals surface area contributed by atoms with Crippen molar-refractivity contribution in [2.75, 3.05) is 25.1 Å². The van der Waals surface area contributed by atoms with Crippen LogP contribution in [0.2, 0.25) is 0 Å². The standard InChI is InChI=1S/C17H21N3O2/c1-11-8-15(19-12(2)13(11)10-18)20-6-4-17(5-7-20)9-14(17)16(21)22-3/h8,14H,4-7,9H2,1-3H3. The molecule has 2 fully saturated rings. The number of methoxy groups -OCH3 is 1. The first-order valence-electron chi connectivity index (χ1n) is 7.72. The van der Waals surface area contributed by atoms with Gasteiger partial charge in [-0.1, -0.05) is 0 Å². The molecule has 0 radical (unpaired) electrons. The highest BCUT2D eigenvalue weighted by Gasteiger charge is 2.59. The number of pyridine rings is 1. The van der Waals surface area contributed by atoms with Gasteiger partial charge < -0.3 is 9.64 Å². The number of piperidine rings is 1. The summed E-state index contributed by atoms with van der Waals surface area (Å²) in [6.07, 6.45) is 2.98. The number of carbonyl (C=O) groups is 1. The van der Waals surface area contributed by atoms with Crippen LogP contribution in [0.4, 0.5) is 5.82 Å². The molecule has 0 aromatic carbocycles. The maximum Gasteiger partial charge on any atom is 0.309 e. The van der Waals surface area contributed by atoms with E-state index in [2.05, 4.69) is 16.0 Å². The van der Waals surface area contributed by atoms with Gasteiger partial charge in [0.05, 0.1) is 24.3 Å². The minimum absolute atomic E-state index is 0.0587. The van der Waals surface area contributed by atoms with E-state index in [1.54, 1.807) is 0 Å². The maximum atomic E-state index is 11.7. The van der Waals surface area contributed by atoms with Crippen LogP contribution in [0.1, 0.15) is 36.1 Å². The summed E-state index contributed by atoms with van der Waals surface area (Å²) in [6.45, 7) is 5.65. The Morgan fingerprint density at radius 2 is 2.14 bits per heavy atom. The van der Waals surface area contributed by atoms with Crippen molar-refractivity contribution in [3.63, 3.8) is 0 Å². The predicted octanol–water partition coefficient (Wildman–Crippen LogP) is 2.35. The van der Waals surface area contributed by atoms with Crippen molar-refractivity contribution in [1.82, 2.24) is 4.98 Å². The highest BCUT2D eigenvalue weighted by molar-refractivity contribution is 5.77. The molecule has 116 valence electrons. The lowest BCUT2D eigenvalue weighted by Crippen LogP contribution is -2.36. The summed E-state index contributed by atoms with van der Waals surface area (Å²) in [5, 5.41) is 9.13. The molecule has 22 heavy (non-hydrogen) atoms. The van der Waals surface area contributed by atoms with E-state index in [0.29, 0.717) is 5.56 Å². The van der Waals surface area contributed by atoms with E-state index in [4.69, 9.17) is 10.00 Å². The van der Waals surface area contributed by atoms with Crippen molar-refractivity contribution in [3.8, 4) is 6.07 Å². The van der Waals surface area contributed by atoms with Crippen molar-refractivity contribution >= 4 is 11.8 Å². The maximum absolute atomic E-state index is 11.7. The molecule has 2 heterocycles. The lowest BCUT2D eigenvalue weighted by atomic mass is 9.90. The summed E-state index contributed by atoms with van der Waals surface area (Å²) in [7, 11) is 1.47. The minimum atomic E-state index is -0.0587. The van der Waals surface area contributed by atoms with Gasteiger partial charge in [-0.2, -0.15) is 5.26 Å². The van der Waals surface area contributed by atoms with E-state index in [1.807, 2.05) is 19.9 Å². The average molecular weight is 299 g/mol. The van der Waals surface area contributed by atoms with Crippen LogP contribution in [0.25, 0.3) is 0 Å². The number of aryl methyl sites for hydroxylation is 2. The Hall–Kier alpha value is -2.09. The molecule has 1 saturated carbocycles. The molecular weight excluding hydrogens is 278 g/mol. The number of anilines is 1. The van der Waals surface area contributed by atoms with E-state index in [-0.39, 0.29) is 17.3 Å². The summed E-state index contributed by atoms with van der Waals surface area (Å²) in [5.74, 6) is 0.979. The lowest BCUT2D eigenvalue weighted by Gasteiger charge is -2.34. The third-order valence-electron chi connectivity index (χ3n) is 5.25. The Labute approximate surface area is 130 Å². The normalized spacial score (nSPS) is 22.3. The van der Waals surface area contributed by atoms with Crippen LogP contribution in [0, 0.1) is 36.5 Å². The van der Waals surface area contributed by atoms with Gasteiger partial charge in [0.1, 0.15) is 11.9 Å². The fourth-order valence-electron chi connectivity index (χ4n) is 3.70. The van der Waals surface area contributed by atoms with E-state index in [1.165, 1.54) is 7.11 Å². The summed E-state index contributed by atoms with van der Waals surface area (Å²) >= 11 is 0. The second-order valence-electron chi connectivity index (χ2n) is 6.50. The number of esters is 1. The lowest BCUT2D eigenvalue weighted by molar-refractivity contribution is -0.143. The highest BCUT2D eigenvalue weighted by atomic mass is 16.5. The molecule has 1 spiro atoms. The van der Waals surface area contributed by atoms with Crippen LogP contribution >= 0.6 is 0 Å². The zero-order valence-corrected chi connectivity index (χ0v) is 13.3. The van der Waals surface area contributed by atoms with Crippen LogP contribution in [0.3, 0.4) is 0 Å². The smallest absolute Gasteiger partial charge is 0.309 e. The van der Waals surface area contributed by atoms with E-state index < -0.39 is 0 Å². The molecular formula is C17H21N3O2. The van der Waals surface area contributed by atoms with Gasteiger partial charge in [-0.15, -0.1) is 0 Å². The molecule has 0 N–H and O–H groups in total. The van der Waals surface area contributed by atoms with Crippen molar-refractivity contribution in [2.24, 2.45) is 11.3 Å². The molecule has 1 aliphatic heterocycles. The van der Waals surface area contributed by atoms with Crippen LogP contribution in [-0.4, -0.2) is 31.2 Å². The highest BCUT2D eigenvalue weighted by Crippen LogP contribution is 2.59. The number of hydrogen-bond acceptors (Lipinski definition) is 5. The van der Waals surface area contributed by atoms with E-state index >= 15 is 0 Å². The number of nitrogens with zero attached hydrogens (tertiary/aromatic N) is 3. The Balaban J connectivity index is 1.71. The molecule has 0 bridgehead atoms. The molecule has 1 aromatic heterocycles. The molecule has 1 aliphatic carbocycles. The monoisotopic (exact) mass is 299 g/mol. The third kappa shape index (κ3) is 2.33. The van der Waals surface area contributed by atoms with Gasteiger partial charge >= 0.3 is 5.97 Å². The van der Waals surface area contributed by atoms with Crippen molar-refractivity contribution < 1.29 is 9.53 Å². The van der Waals surface area contributed by atoms with Crippen LogP contribution in [-0.2, 0) is 9.53 Å². The fraction of sp³-hybridized carbons (Fsp3) is 0.588. The summed E-state index contributed by atoms with van der Waals surface area (Å²) < 4.78 is 4.87. The molecule has 1 atom stereocenters. The van der Waals surface area contributed by atoms with Gasteiger partial charge in [0.2, 0.25) is 0 Å². The Bertz CT molecular complexity index is 631. The van der Waals surface area contributed by atoms with Gasteiger partial charge in [-0.25, -0.2) is 4.98 Å². The number of aromatic nitrogens is 1. The number of ether oxygens (including phenoxy) is 1. The first-order valence-corrected chi connectivity index (χ1v) is 7.72. The Kier molecular flexibility index (Phi) is 3.56. The van der Waals surface area contributed by atoms with Gasteiger partial charge in [0.25, 0.3) is 0 Å². The molecule has 2 aliphatic rings. The van der Waals surface area contributed by atoms with Crippen LogP contribution in [0.5, 0.6) is 0 Å². The van der Waals surface area contributed by atoms with Gasteiger partial charge in [0, 0.05) is 13.1 Å². The molecule has 3 rings (SSSR count). The fourth-order valence-corrected chi connectivity index (χ4v) is 3.70. The molecule has 1 unspecified atom stereocenters. The van der Waals surface area contributed by atoms with E-state index in [0.717, 1.165) is 49.4 Å². The summed E-state index contributed by atoms with van der Waals surface area (Å²) in [6, 6.07) is 4.20. The molecule has 5 nitrogen and oxygen atoms in total. The molecule has 1 aromatic rings. The predicted molar refractivity (Wildman–Crippen MR) is 82.4 cm³/mol. The van der Waals surface area contributed by atoms with Gasteiger partial charge in [0.15, 0.2) is 0 Å². The largest absolute Gasteiger partial charge is 0.469 e. The molecule has 5 heteroatoms. The van der Waals surface area contributed by atoms with Crippen molar-refractivity contribution in [1.29, 1.82) is 5.26 Å². The number of rotatable bonds is 2. The quantitative estimate of drug-likeness (QED) is 0.784. The SMILES string of the molecule is COC(=O)C1CC12CCN(c1cc(C)c(C#N)c(C)n1)CC2. The second kappa shape index (κ2) is 5.28. The van der Waals surface area contributed by atoms with Crippen LogP contribution in [0.15, 0.2) is 6.07 Å². The molecule has 1 saturated heterocycles.